The Hall–Kier alpha value is -2.08. The van der Waals surface area contributed by atoms with Gasteiger partial charge in [-0.05, 0) is 30.7 Å². The number of carboxylic acids is 1. The Morgan fingerprint density at radius 1 is 1.11 bits per heavy atom. The number of aliphatic hydroxyl groups excluding tert-OH is 1. The third-order valence-electron chi connectivity index (χ3n) is 6.36. The molecular formula is C22H32N2O4. The van der Waals surface area contributed by atoms with Gasteiger partial charge in [-0.25, -0.2) is 4.79 Å². The first-order chi connectivity index (χ1) is 13.6. The van der Waals surface area contributed by atoms with Gasteiger partial charge in [-0.3, -0.25) is 4.79 Å². The number of rotatable bonds is 9. The zero-order valence-electron chi connectivity index (χ0n) is 16.5. The molecule has 6 nitrogen and oxygen atoms in total. The number of hydrogen-bond acceptors (Lipinski definition) is 3. The van der Waals surface area contributed by atoms with E-state index in [4.69, 9.17) is 0 Å². The Balaban J connectivity index is 1.69. The maximum Gasteiger partial charge on any atom is 0.317 e. The normalized spacial score (nSPS) is 19.6. The van der Waals surface area contributed by atoms with Crippen LogP contribution in [0.4, 0.5) is 4.79 Å². The molecule has 6 heteroatoms. The van der Waals surface area contributed by atoms with Crippen LogP contribution in [0.15, 0.2) is 30.3 Å². The first-order valence-corrected chi connectivity index (χ1v) is 10.5. The summed E-state index contributed by atoms with van der Waals surface area (Å²) in [5.41, 5.74) is -0.113. The Morgan fingerprint density at radius 2 is 1.79 bits per heavy atom. The van der Waals surface area contributed by atoms with Crippen molar-refractivity contribution in [3.63, 3.8) is 0 Å². The van der Waals surface area contributed by atoms with Crippen LogP contribution in [0.5, 0.6) is 0 Å². The van der Waals surface area contributed by atoms with Gasteiger partial charge in [0.1, 0.15) is 0 Å². The number of nitrogens with zero attached hydrogens (tertiary/aromatic N) is 1. The molecule has 0 heterocycles. The van der Waals surface area contributed by atoms with E-state index < -0.39 is 17.4 Å². The predicted molar refractivity (Wildman–Crippen MR) is 107 cm³/mol. The molecule has 154 valence electrons. The van der Waals surface area contributed by atoms with Gasteiger partial charge in [0, 0.05) is 13.1 Å². The van der Waals surface area contributed by atoms with Crippen LogP contribution in [0.1, 0.15) is 63.0 Å². The molecule has 2 saturated carbocycles. The lowest BCUT2D eigenvalue weighted by Crippen LogP contribution is -2.47. The van der Waals surface area contributed by atoms with Crippen molar-refractivity contribution in [1.29, 1.82) is 0 Å². The topological polar surface area (TPSA) is 89.9 Å². The molecule has 0 aromatic heterocycles. The Kier molecular flexibility index (Phi) is 6.94. The minimum Gasteiger partial charge on any atom is -0.481 e. The molecule has 2 aliphatic rings. The summed E-state index contributed by atoms with van der Waals surface area (Å²) in [4.78, 5) is 26.5. The first kappa shape index (κ1) is 20.6. The van der Waals surface area contributed by atoms with Crippen LogP contribution in [0.2, 0.25) is 0 Å². The molecule has 0 aliphatic heterocycles. The molecule has 1 aromatic rings. The minimum absolute atomic E-state index is 0.0990. The van der Waals surface area contributed by atoms with Crippen LogP contribution in [-0.4, -0.2) is 46.8 Å². The highest BCUT2D eigenvalue weighted by Crippen LogP contribution is 2.55. The number of nitrogens with one attached hydrogen (secondary N) is 1. The standard InChI is InChI=1S/C22H32N2O4/c25-16-15-24(14-11-17-7-3-1-4-8-17)21(28)23-19(18-9-5-2-6-10-18)22(12-13-22)20(26)27/h2,5-6,9-10,17,19,25H,1,3-4,7-8,11-16H2,(H,23,28)(H,26,27). The largest absolute Gasteiger partial charge is 0.481 e. The Labute approximate surface area is 166 Å². The Morgan fingerprint density at radius 3 is 2.36 bits per heavy atom. The summed E-state index contributed by atoms with van der Waals surface area (Å²) in [5, 5.41) is 22.2. The highest BCUT2D eigenvalue weighted by Gasteiger charge is 2.57. The van der Waals surface area contributed by atoms with Gasteiger partial charge >= 0.3 is 12.0 Å². The van der Waals surface area contributed by atoms with E-state index in [1.807, 2.05) is 30.3 Å². The van der Waals surface area contributed by atoms with E-state index in [0.29, 0.717) is 25.3 Å². The minimum atomic E-state index is -0.925. The van der Waals surface area contributed by atoms with E-state index in [1.165, 1.54) is 32.1 Å². The maximum absolute atomic E-state index is 13.0. The molecule has 2 fully saturated rings. The van der Waals surface area contributed by atoms with Crippen LogP contribution in [0.25, 0.3) is 0 Å². The second kappa shape index (κ2) is 9.41. The van der Waals surface area contributed by atoms with Gasteiger partial charge in [0.25, 0.3) is 0 Å². The van der Waals surface area contributed by atoms with Gasteiger partial charge in [0.15, 0.2) is 0 Å². The summed E-state index contributed by atoms with van der Waals surface area (Å²) in [6, 6.07) is 8.49. The Bertz CT molecular complexity index is 654. The molecule has 3 rings (SSSR count). The molecule has 2 aliphatic carbocycles. The molecule has 0 bridgehead atoms. The highest BCUT2D eigenvalue weighted by molar-refractivity contribution is 5.82. The monoisotopic (exact) mass is 388 g/mol. The summed E-state index contributed by atoms with van der Waals surface area (Å²) in [6.07, 6.45) is 8.30. The van der Waals surface area contributed by atoms with Gasteiger partial charge in [0.2, 0.25) is 0 Å². The zero-order chi connectivity index (χ0) is 20.0. The van der Waals surface area contributed by atoms with Crippen molar-refractivity contribution < 1.29 is 19.8 Å². The molecule has 3 N–H and O–H groups in total. The van der Waals surface area contributed by atoms with E-state index in [1.54, 1.807) is 4.90 Å². The summed E-state index contributed by atoms with van der Waals surface area (Å²) < 4.78 is 0. The van der Waals surface area contributed by atoms with Crippen LogP contribution in [0.3, 0.4) is 0 Å². The summed E-state index contributed by atoms with van der Waals surface area (Å²) in [6.45, 7) is 0.761. The number of urea groups is 1. The van der Waals surface area contributed by atoms with Crippen LogP contribution >= 0.6 is 0 Å². The summed E-state index contributed by atoms with van der Waals surface area (Å²) in [5.74, 6) is -0.223. The van der Waals surface area contributed by atoms with Crippen molar-refractivity contribution in [2.45, 2.75) is 57.4 Å². The van der Waals surface area contributed by atoms with Crippen molar-refractivity contribution in [3.8, 4) is 0 Å². The van der Waals surface area contributed by atoms with Crippen LogP contribution in [0, 0.1) is 11.3 Å². The second-order valence-electron chi connectivity index (χ2n) is 8.26. The summed E-state index contributed by atoms with van der Waals surface area (Å²) >= 11 is 0. The molecule has 2 amide bonds. The van der Waals surface area contributed by atoms with Gasteiger partial charge in [-0.2, -0.15) is 0 Å². The number of aliphatic hydroxyl groups is 1. The number of amides is 2. The summed E-state index contributed by atoms with van der Waals surface area (Å²) in [7, 11) is 0. The van der Waals surface area contributed by atoms with Gasteiger partial charge in [-0.1, -0.05) is 62.4 Å². The predicted octanol–water partition coefficient (Wildman–Crippen LogP) is 3.57. The van der Waals surface area contributed by atoms with Gasteiger partial charge in [0.05, 0.1) is 18.1 Å². The molecule has 1 aromatic carbocycles. The number of aliphatic carboxylic acids is 1. The third-order valence-corrected chi connectivity index (χ3v) is 6.36. The number of carbonyl (C=O) groups is 2. The first-order valence-electron chi connectivity index (χ1n) is 10.5. The average molecular weight is 389 g/mol. The lowest BCUT2D eigenvalue weighted by molar-refractivity contribution is -0.144. The lowest BCUT2D eigenvalue weighted by Gasteiger charge is -2.31. The van der Waals surface area contributed by atoms with E-state index in [9.17, 15) is 19.8 Å². The van der Waals surface area contributed by atoms with E-state index in [2.05, 4.69) is 5.32 Å². The zero-order valence-corrected chi connectivity index (χ0v) is 16.5. The second-order valence-corrected chi connectivity index (χ2v) is 8.26. The molecule has 0 spiro atoms. The van der Waals surface area contributed by atoms with Crippen molar-refractivity contribution in [2.24, 2.45) is 11.3 Å². The highest BCUT2D eigenvalue weighted by atomic mass is 16.4. The number of carbonyl (C=O) groups excluding carboxylic acids is 1. The molecule has 28 heavy (non-hydrogen) atoms. The molecule has 0 saturated heterocycles. The third kappa shape index (κ3) is 4.85. The smallest absolute Gasteiger partial charge is 0.317 e. The SMILES string of the molecule is O=C(NC(c1ccccc1)C1(C(=O)O)CC1)N(CCO)CCC1CCCCC1. The van der Waals surface area contributed by atoms with Gasteiger partial charge < -0.3 is 20.4 Å². The average Bonchev–Trinajstić information content (AvgIpc) is 3.52. The molecule has 1 unspecified atom stereocenters. The number of carboxylic acid groups (broad SMARTS) is 1. The fraction of sp³-hybridized carbons (Fsp3) is 0.636. The molecular weight excluding hydrogens is 356 g/mol. The van der Waals surface area contributed by atoms with Crippen molar-refractivity contribution >= 4 is 12.0 Å². The van der Waals surface area contributed by atoms with E-state index in [-0.39, 0.29) is 19.2 Å². The fourth-order valence-corrected chi connectivity index (χ4v) is 4.41. The van der Waals surface area contributed by atoms with Crippen molar-refractivity contribution in [2.75, 3.05) is 19.7 Å². The molecule has 1 atom stereocenters. The number of hydrogen-bond donors (Lipinski definition) is 3. The maximum atomic E-state index is 13.0. The van der Waals surface area contributed by atoms with Crippen LogP contribution in [-0.2, 0) is 4.79 Å². The molecule has 0 radical (unpaired) electrons. The van der Waals surface area contributed by atoms with E-state index in [0.717, 1.165) is 12.0 Å². The van der Waals surface area contributed by atoms with E-state index >= 15 is 0 Å². The van der Waals surface area contributed by atoms with Crippen molar-refractivity contribution in [1.82, 2.24) is 10.2 Å². The number of benzene rings is 1. The van der Waals surface area contributed by atoms with Gasteiger partial charge in [-0.15, -0.1) is 0 Å². The quantitative estimate of drug-likeness (QED) is 0.603. The fourth-order valence-electron chi connectivity index (χ4n) is 4.41. The van der Waals surface area contributed by atoms with Crippen molar-refractivity contribution in [3.05, 3.63) is 35.9 Å². The van der Waals surface area contributed by atoms with Crippen LogP contribution < -0.4 is 5.32 Å². The lowest BCUT2D eigenvalue weighted by atomic mass is 9.87.